The summed E-state index contributed by atoms with van der Waals surface area (Å²) in [6.07, 6.45) is 0.200. The number of carbonyl (C=O) groups is 2. The summed E-state index contributed by atoms with van der Waals surface area (Å²) in [5, 5.41) is 12.7. The van der Waals surface area contributed by atoms with Crippen molar-refractivity contribution in [3.05, 3.63) is 76.3 Å². The van der Waals surface area contributed by atoms with Crippen LogP contribution in [0.25, 0.3) is 11.1 Å². The maximum Gasteiger partial charge on any atom is 0.326 e. The molecule has 40 heavy (non-hydrogen) atoms. The van der Waals surface area contributed by atoms with Crippen LogP contribution in [0.3, 0.4) is 0 Å². The van der Waals surface area contributed by atoms with Gasteiger partial charge in [-0.2, -0.15) is 4.31 Å². The van der Waals surface area contributed by atoms with E-state index in [1.807, 2.05) is 30.3 Å². The largest absolute Gasteiger partial charge is 0.496 e. The fourth-order valence-corrected chi connectivity index (χ4v) is 7.15. The molecule has 4 rings (SSSR count). The number of benzene rings is 3. The van der Waals surface area contributed by atoms with Crippen molar-refractivity contribution in [3.8, 4) is 22.6 Å². The average Bonchev–Trinajstić information content (AvgIpc) is 2.90. The molecule has 0 saturated carbocycles. The Bertz CT molecular complexity index is 1500. The first-order chi connectivity index (χ1) is 18.9. The first-order valence-corrected chi connectivity index (χ1v) is 14.4. The number of rotatable bonds is 10. The highest BCUT2D eigenvalue weighted by atomic mass is 35.5. The van der Waals surface area contributed by atoms with Crippen LogP contribution in [0.2, 0.25) is 10.0 Å². The average molecular weight is 608 g/mol. The number of hydrogen-bond acceptors (Lipinski definition) is 6. The Kier molecular flexibility index (Phi) is 8.65. The molecule has 0 spiro atoms. The number of amides is 1. The Labute approximate surface area is 242 Å². The van der Waals surface area contributed by atoms with E-state index < -0.39 is 33.5 Å². The van der Waals surface area contributed by atoms with Crippen LogP contribution in [0.15, 0.2) is 65.6 Å². The normalized spacial score (nSPS) is 17.9. The monoisotopic (exact) mass is 606 g/mol. The van der Waals surface area contributed by atoms with E-state index in [0.717, 1.165) is 15.4 Å². The molecular weight excluding hydrogens is 579 g/mol. The number of methoxy groups -OCH3 is 2. The highest BCUT2D eigenvalue weighted by Gasteiger charge is 2.53. The van der Waals surface area contributed by atoms with Gasteiger partial charge < -0.3 is 19.9 Å². The molecule has 1 amide bonds. The number of nitrogens with one attached hydrogen (secondary N) is 1. The summed E-state index contributed by atoms with van der Waals surface area (Å²) in [6.45, 7) is 1.55. The molecule has 12 heteroatoms. The highest BCUT2D eigenvalue weighted by molar-refractivity contribution is 7.89. The third kappa shape index (κ3) is 5.76. The van der Waals surface area contributed by atoms with Crippen molar-refractivity contribution in [2.45, 2.75) is 36.2 Å². The molecule has 3 aromatic carbocycles. The predicted molar refractivity (Wildman–Crippen MR) is 152 cm³/mol. The number of aliphatic carboxylic acids is 1. The van der Waals surface area contributed by atoms with Gasteiger partial charge in [0.05, 0.1) is 24.7 Å². The van der Waals surface area contributed by atoms with Crippen LogP contribution in [0.1, 0.15) is 18.9 Å². The molecule has 1 saturated heterocycles. The Morgan fingerprint density at radius 1 is 1.02 bits per heavy atom. The lowest BCUT2D eigenvalue weighted by molar-refractivity contribution is -0.145. The predicted octanol–water partition coefficient (Wildman–Crippen LogP) is 4.64. The molecular formula is C28H28Cl2N2O7S. The molecule has 212 valence electrons. The van der Waals surface area contributed by atoms with Gasteiger partial charge in [0, 0.05) is 23.0 Å². The quantitative estimate of drug-likeness (QED) is 0.344. The SMILES string of the molecule is COc1cccc(OC)c1-c1ccc(C[C@@H](NC(=O)[C@@]2(C)CCN2S(=O)(=O)c2cc(Cl)cc(Cl)c2)C(=O)O)cc1. The number of carbonyl (C=O) groups excluding carboxylic acids is 1. The first-order valence-electron chi connectivity index (χ1n) is 12.2. The lowest BCUT2D eigenvalue weighted by Gasteiger charge is -2.47. The second-order valence-electron chi connectivity index (χ2n) is 9.51. The van der Waals surface area contributed by atoms with Crippen molar-refractivity contribution in [2.75, 3.05) is 20.8 Å². The molecule has 1 aliphatic heterocycles. The van der Waals surface area contributed by atoms with Gasteiger partial charge in [0.25, 0.3) is 0 Å². The van der Waals surface area contributed by atoms with E-state index in [1.54, 1.807) is 26.4 Å². The zero-order valence-corrected chi connectivity index (χ0v) is 24.3. The molecule has 1 aliphatic rings. The number of ether oxygens (including phenoxy) is 2. The number of carboxylic acid groups (broad SMARTS) is 1. The zero-order chi connectivity index (χ0) is 29.2. The van der Waals surface area contributed by atoms with E-state index in [4.69, 9.17) is 32.7 Å². The van der Waals surface area contributed by atoms with Crippen LogP contribution in [0.5, 0.6) is 11.5 Å². The fourth-order valence-electron chi connectivity index (χ4n) is 4.65. The van der Waals surface area contributed by atoms with Crippen LogP contribution in [-0.2, 0) is 26.0 Å². The molecule has 2 atom stereocenters. The third-order valence-electron chi connectivity index (χ3n) is 6.98. The molecule has 9 nitrogen and oxygen atoms in total. The zero-order valence-electron chi connectivity index (χ0n) is 22.0. The standard InChI is InChI=1S/C28H28Cl2N2O7S/c1-28(11-12-32(28)40(36,37)21-15-19(29)14-20(30)16-21)27(35)31-22(26(33)34)13-17-7-9-18(10-8-17)25-23(38-2)5-4-6-24(25)39-3/h4-10,14-16,22H,11-13H2,1-3H3,(H,31,35)(H,33,34)/t22-,28-/m1/s1. The van der Waals surface area contributed by atoms with Gasteiger partial charge in [-0.1, -0.05) is 53.5 Å². The summed E-state index contributed by atoms with van der Waals surface area (Å²) in [5.41, 5.74) is 0.730. The van der Waals surface area contributed by atoms with Crippen LogP contribution >= 0.6 is 23.2 Å². The van der Waals surface area contributed by atoms with Crippen molar-refractivity contribution in [3.63, 3.8) is 0 Å². The van der Waals surface area contributed by atoms with E-state index in [9.17, 15) is 23.1 Å². The van der Waals surface area contributed by atoms with Gasteiger partial charge in [-0.15, -0.1) is 0 Å². The second kappa shape index (κ2) is 11.7. The van der Waals surface area contributed by atoms with E-state index >= 15 is 0 Å². The van der Waals surface area contributed by atoms with Crippen LogP contribution < -0.4 is 14.8 Å². The summed E-state index contributed by atoms with van der Waals surface area (Å²) >= 11 is 12.0. The van der Waals surface area contributed by atoms with Gasteiger partial charge in [-0.3, -0.25) is 4.79 Å². The first kappa shape index (κ1) is 29.7. The lowest BCUT2D eigenvalue weighted by atomic mass is 9.88. The van der Waals surface area contributed by atoms with Gasteiger partial charge in [-0.05, 0) is 54.8 Å². The van der Waals surface area contributed by atoms with Gasteiger partial charge in [0.15, 0.2) is 0 Å². The van der Waals surface area contributed by atoms with Crippen LogP contribution in [0, 0.1) is 0 Å². The number of hydrogen-bond donors (Lipinski definition) is 2. The van der Waals surface area contributed by atoms with Gasteiger partial charge in [0.1, 0.15) is 23.1 Å². The maximum atomic E-state index is 13.3. The summed E-state index contributed by atoms with van der Waals surface area (Å²) in [5.74, 6) is -0.715. The molecule has 0 aliphatic carbocycles. The number of nitrogens with zero attached hydrogens (tertiary/aromatic N) is 1. The molecule has 0 radical (unpaired) electrons. The minimum atomic E-state index is -4.12. The second-order valence-corrected chi connectivity index (χ2v) is 12.2. The Morgan fingerprint density at radius 3 is 2.08 bits per heavy atom. The molecule has 1 fully saturated rings. The number of halogens is 2. The molecule has 2 N–H and O–H groups in total. The summed E-state index contributed by atoms with van der Waals surface area (Å²) < 4.78 is 38.5. The maximum absolute atomic E-state index is 13.3. The van der Waals surface area contributed by atoms with Crippen molar-refractivity contribution < 1.29 is 32.6 Å². The van der Waals surface area contributed by atoms with Crippen LogP contribution in [0.4, 0.5) is 0 Å². The van der Waals surface area contributed by atoms with Crippen molar-refractivity contribution >= 4 is 45.1 Å². The van der Waals surface area contributed by atoms with Crippen LogP contribution in [-0.4, -0.2) is 62.1 Å². The Balaban J connectivity index is 1.52. The number of carboxylic acids is 1. The smallest absolute Gasteiger partial charge is 0.326 e. The molecule has 0 bridgehead atoms. The van der Waals surface area contributed by atoms with E-state index in [2.05, 4.69) is 5.32 Å². The summed E-state index contributed by atoms with van der Waals surface area (Å²) in [4.78, 5) is 25.2. The summed E-state index contributed by atoms with van der Waals surface area (Å²) in [6, 6.07) is 15.2. The minimum absolute atomic E-state index is 0.0167. The van der Waals surface area contributed by atoms with Gasteiger partial charge in [-0.25, -0.2) is 13.2 Å². The number of sulfonamides is 1. The molecule has 1 heterocycles. The highest BCUT2D eigenvalue weighted by Crippen LogP contribution is 2.39. The lowest BCUT2D eigenvalue weighted by Crippen LogP contribution is -2.68. The van der Waals surface area contributed by atoms with E-state index in [1.165, 1.54) is 25.1 Å². The van der Waals surface area contributed by atoms with Gasteiger partial charge >= 0.3 is 5.97 Å². The minimum Gasteiger partial charge on any atom is -0.496 e. The Hall–Kier alpha value is -3.31. The Morgan fingerprint density at radius 2 is 1.60 bits per heavy atom. The van der Waals surface area contributed by atoms with Crippen molar-refractivity contribution in [2.24, 2.45) is 0 Å². The van der Waals surface area contributed by atoms with Crippen molar-refractivity contribution in [1.29, 1.82) is 0 Å². The van der Waals surface area contributed by atoms with E-state index in [0.29, 0.717) is 17.1 Å². The van der Waals surface area contributed by atoms with Crippen molar-refractivity contribution in [1.82, 2.24) is 9.62 Å². The topological polar surface area (TPSA) is 122 Å². The summed E-state index contributed by atoms with van der Waals surface area (Å²) in [7, 11) is -0.999. The molecule has 0 unspecified atom stereocenters. The fraction of sp³-hybridized carbons (Fsp3) is 0.286. The van der Waals surface area contributed by atoms with E-state index in [-0.39, 0.29) is 34.3 Å². The molecule has 0 aromatic heterocycles. The molecule has 3 aromatic rings. The van der Waals surface area contributed by atoms with Gasteiger partial charge in [0.2, 0.25) is 15.9 Å². The third-order valence-corrected chi connectivity index (χ3v) is 9.41.